The summed E-state index contributed by atoms with van der Waals surface area (Å²) in [4.78, 5) is 10.9. The Bertz CT molecular complexity index is 684. The zero-order valence-electron chi connectivity index (χ0n) is 12.9. The van der Waals surface area contributed by atoms with Gasteiger partial charge in [-0.25, -0.2) is 13.2 Å². The van der Waals surface area contributed by atoms with Gasteiger partial charge in [0.25, 0.3) is 0 Å². The minimum atomic E-state index is -1.61. The average molecular weight is 309 g/mol. The number of carbonyl (C=O) groups excluding carboxylic acids is 1. The quantitative estimate of drug-likeness (QED) is 0.615. The maximum Gasteiger partial charge on any atom is 0.196 e. The standard InChI is InChI=1S/C15H12F3NO.C2H6/c1-8-3-4-12(9(2)5-8)19-15-10(7-20)6-11(16)13(17)14(15)18;1-2/h3-7,19H,1-2H3;1-2H3. The predicted molar refractivity (Wildman–Crippen MR) is 82.3 cm³/mol. The van der Waals surface area contributed by atoms with Gasteiger partial charge in [0, 0.05) is 11.3 Å². The van der Waals surface area contributed by atoms with Gasteiger partial charge in [-0.2, -0.15) is 0 Å². The van der Waals surface area contributed by atoms with E-state index in [1.54, 1.807) is 19.1 Å². The molecule has 1 N–H and O–H groups in total. The van der Waals surface area contributed by atoms with Crippen LogP contribution in [0.1, 0.15) is 35.3 Å². The smallest absolute Gasteiger partial charge is 0.196 e. The Balaban J connectivity index is 0.00000116. The van der Waals surface area contributed by atoms with Gasteiger partial charge in [0.1, 0.15) is 0 Å². The van der Waals surface area contributed by atoms with Crippen molar-refractivity contribution in [1.29, 1.82) is 0 Å². The molecule has 22 heavy (non-hydrogen) atoms. The van der Waals surface area contributed by atoms with Crippen LogP contribution >= 0.6 is 0 Å². The lowest BCUT2D eigenvalue weighted by Gasteiger charge is -2.13. The predicted octanol–water partition coefficient (Wildman–Crippen LogP) is 5.30. The maximum atomic E-state index is 13.8. The van der Waals surface area contributed by atoms with Crippen molar-refractivity contribution in [2.24, 2.45) is 0 Å². The molecule has 2 nitrogen and oxygen atoms in total. The number of carbonyl (C=O) groups is 1. The van der Waals surface area contributed by atoms with E-state index in [9.17, 15) is 18.0 Å². The molecule has 0 saturated heterocycles. The number of nitrogens with one attached hydrogen (secondary N) is 1. The Morgan fingerprint density at radius 1 is 1.00 bits per heavy atom. The van der Waals surface area contributed by atoms with E-state index >= 15 is 0 Å². The van der Waals surface area contributed by atoms with Crippen molar-refractivity contribution >= 4 is 17.7 Å². The number of hydrogen-bond acceptors (Lipinski definition) is 2. The van der Waals surface area contributed by atoms with Crippen LogP contribution in [-0.2, 0) is 0 Å². The SMILES string of the molecule is CC.Cc1ccc(Nc2c(C=O)cc(F)c(F)c2F)c(C)c1. The molecule has 0 aliphatic heterocycles. The molecule has 2 rings (SSSR count). The van der Waals surface area contributed by atoms with Gasteiger partial charge < -0.3 is 5.32 Å². The molecule has 0 fully saturated rings. The lowest BCUT2D eigenvalue weighted by molar-refractivity contribution is 0.112. The number of aldehydes is 1. The Morgan fingerprint density at radius 2 is 1.64 bits per heavy atom. The summed E-state index contributed by atoms with van der Waals surface area (Å²) in [5, 5.41) is 2.64. The molecule has 2 aromatic carbocycles. The van der Waals surface area contributed by atoms with E-state index in [2.05, 4.69) is 5.32 Å². The molecule has 5 heteroatoms. The zero-order chi connectivity index (χ0) is 16.9. The fraction of sp³-hybridized carbons (Fsp3) is 0.235. The molecule has 0 aliphatic carbocycles. The normalized spacial score (nSPS) is 9.77. The summed E-state index contributed by atoms with van der Waals surface area (Å²) in [6.07, 6.45) is 0.275. The summed E-state index contributed by atoms with van der Waals surface area (Å²) < 4.78 is 40.1. The van der Waals surface area contributed by atoms with Crippen molar-refractivity contribution in [3.05, 3.63) is 58.4 Å². The van der Waals surface area contributed by atoms with E-state index in [-0.39, 0.29) is 17.5 Å². The average Bonchev–Trinajstić information content (AvgIpc) is 2.51. The molecule has 0 atom stereocenters. The van der Waals surface area contributed by atoms with Gasteiger partial charge >= 0.3 is 0 Å². The molecule has 0 radical (unpaired) electrons. The summed E-state index contributed by atoms with van der Waals surface area (Å²) in [5.41, 5.74) is 1.68. The summed E-state index contributed by atoms with van der Waals surface area (Å²) in [5.74, 6) is -4.41. The fourth-order valence-corrected chi connectivity index (χ4v) is 1.92. The third-order valence-electron chi connectivity index (χ3n) is 2.96. The van der Waals surface area contributed by atoms with E-state index < -0.39 is 17.5 Å². The number of halogens is 3. The second-order valence-corrected chi connectivity index (χ2v) is 4.51. The third kappa shape index (κ3) is 3.67. The first kappa shape index (κ1) is 17.8. The highest BCUT2D eigenvalue weighted by Crippen LogP contribution is 2.28. The van der Waals surface area contributed by atoms with Crippen molar-refractivity contribution < 1.29 is 18.0 Å². The van der Waals surface area contributed by atoms with Gasteiger partial charge in [0.05, 0.1) is 5.69 Å². The molecule has 0 spiro atoms. The highest BCUT2D eigenvalue weighted by atomic mass is 19.2. The molecule has 118 valence electrons. The highest BCUT2D eigenvalue weighted by molar-refractivity contribution is 5.86. The van der Waals surface area contributed by atoms with Crippen LogP contribution in [0, 0.1) is 31.3 Å². The summed E-state index contributed by atoms with van der Waals surface area (Å²) in [6, 6.07) is 5.98. The van der Waals surface area contributed by atoms with Crippen molar-refractivity contribution in [2.75, 3.05) is 5.32 Å². The van der Waals surface area contributed by atoms with E-state index in [1.165, 1.54) is 0 Å². The molecule has 0 heterocycles. The van der Waals surface area contributed by atoms with Gasteiger partial charge in [-0.05, 0) is 31.5 Å². The van der Waals surface area contributed by atoms with Gasteiger partial charge in [-0.1, -0.05) is 31.5 Å². The van der Waals surface area contributed by atoms with Crippen molar-refractivity contribution in [2.45, 2.75) is 27.7 Å². The van der Waals surface area contributed by atoms with E-state index in [0.29, 0.717) is 11.8 Å². The largest absolute Gasteiger partial charge is 0.352 e. The Morgan fingerprint density at radius 3 is 2.18 bits per heavy atom. The van der Waals surface area contributed by atoms with Crippen LogP contribution in [-0.4, -0.2) is 6.29 Å². The first-order valence-corrected chi connectivity index (χ1v) is 6.91. The summed E-state index contributed by atoms with van der Waals surface area (Å²) >= 11 is 0. The van der Waals surface area contributed by atoms with Crippen LogP contribution in [0.2, 0.25) is 0 Å². The fourth-order valence-electron chi connectivity index (χ4n) is 1.92. The van der Waals surface area contributed by atoms with E-state index in [0.717, 1.165) is 11.1 Å². The topological polar surface area (TPSA) is 29.1 Å². The van der Waals surface area contributed by atoms with Crippen LogP contribution in [0.25, 0.3) is 0 Å². The molecular formula is C17H18F3NO. The Labute approximate surface area is 128 Å². The summed E-state index contributed by atoms with van der Waals surface area (Å²) in [7, 11) is 0. The van der Waals surface area contributed by atoms with Gasteiger partial charge in [-0.15, -0.1) is 0 Å². The number of hydrogen-bond donors (Lipinski definition) is 1. The van der Waals surface area contributed by atoms with Crippen LogP contribution in [0.3, 0.4) is 0 Å². The second kappa shape index (κ2) is 7.64. The minimum absolute atomic E-state index is 0.275. The third-order valence-corrected chi connectivity index (χ3v) is 2.96. The highest BCUT2D eigenvalue weighted by Gasteiger charge is 2.19. The molecule has 0 unspecified atom stereocenters. The van der Waals surface area contributed by atoms with Crippen LogP contribution in [0.5, 0.6) is 0 Å². The molecule has 0 amide bonds. The molecule has 0 aromatic heterocycles. The second-order valence-electron chi connectivity index (χ2n) is 4.51. The molecule has 0 bridgehead atoms. The zero-order valence-corrected chi connectivity index (χ0v) is 12.9. The van der Waals surface area contributed by atoms with Gasteiger partial charge in [0.15, 0.2) is 23.7 Å². The van der Waals surface area contributed by atoms with Crippen molar-refractivity contribution in [3.8, 4) is 0 Å². The Kier molecular flexibility index (Phi) is 6.16. The van der Waals surface area contributed by atoms with Crippen molar-refractivity contribution in [1.82, 2.24) is 0 Å². The molecule has 0 aliphatic rings. The van der Waals surface area contributed by atoms with Gasteiger partial charge in [0.2, 0.25) is 0 Å². The molecule has 2 aromatic rings. The monoisotopic (exact) mass is 309 g/mol. The Hall–Kier alpha value is -2.30. The number of aryl methyl sites for hydroxylation is 2. The number of anilines is 2. The van der Waals surface area contributed by atoms with Crippen LogP contribution in [0.15, 0.2) is 24.3 Å². The van der Waals surface area contributed by atoms with Crippen molar-refractivity contribution in [3.63, 3.8) is 0 Å². The van der Waals surface area contributed by atoms with E-state index in [4.69, 9.17) is 0 Å². The first-order valence-electron chi connectivity index (χ1n) is 6.91. The lowest BCUT2D eigenvalue weighted by atomic mass is 10.1. The minimum Gasteiger partial charge on any atom is -0.352 e. The van der Waals surface area contributed by atoms with Crippen LogP contribution < -0.4 is 5.32 Å². The number of rotatable bonds is 3. The molecule has 0 saturated carbocycles. The lowest BCUT2D eigenvalue weighted by Crippen LogP contribution is -2.04. The maximum absolute atomic E-state index is 13.8. The molecular weight excluding hydrogens is 291 g/mol. The van der Waals surface area contributed by atoms with Crippen LogP contribution in [0.4, 0.5) is 24.5 Å². The summed E-state index contributed by atoms with van der Waals surface area (Å²) in [6.45, 7) is 7.68. The first-order chi connectivity index (χ1) is 10.4. The number of benzene rings is 2. The van der Waals surface area contributed by atoms with E-state index in [1.807, 2.05) is 26.8 Å². The van der Waals surface area contributed by atoms with Gasteiger partial charge in [-0.3, -0.25) is 4.79 Å².